The van der Waals surface area contributed by atoms with Gasteiger partial charge in [-0.05, 0) is 23.8 Å². The first kappa shape index (κ1) is 10.2. The Morgan fingerprint density at radius 3 is 3.00 bits per heavy atom. The molecule has 1 aromatic carbocycles. The number of carbonyl (C=O) groups is 1. The van der Waals surface area contributed by atoms with Gasteiger partial charge in [-0.1, -0.05) is 6.07 Å². The Balaban J connectivity index is 1.99. The van der Waals surface area contributed by atoms with Crippen molar-refractivity contribution in [1.29, 1.82) is 0 Å². The molecule has 6 heteroatoms. The summed E-state index contributed by atoms with van der Waals surface area (Å²) < 4.78 is 0. The highest BCUT2D eigenvalue weighted by atomic mass is 32.1. The summed E-state index contributed by atoms with van der Waals surface area (Å²) in [5, 5.41) is 13.4. The van der Waals surface area contributed by atoms with E-state index >= 15 is 0 Å². The van der Waals surface area contributed by atoms with Gasteiger partial charge >= 0.3 is 0 Å². The normalized spacial score (nSPS) is 21.8. The largest absolute Gasteiger partial charge is 0.352 e. The number of nitrogens with one attached hydrogen (secondary N) is 3. The Morgan fingerprint density at radius 2 is 2.24 bits per heavy atom. The zero-order chi connectivity index (χ0) is 11.8. The lowest BCUT2D eigenvalue weighted by atomic mass is 10.1. The average molecular weight is 246 g/mol. The predicted molar refractivity (Wildman–Crippen MR) is 68.1 cm³/mol. The number of aromatic nitrogens is 2. The molecule has 0 spiro atoms. The van der Waals surface area contributed by atoms with Crippen molar-refractivity contribution in [2.75, 3.05) is 0 Å². The molecule has 0 radical (unpaired) electrons. The first-order valence-corrected chi connectivity index (χ1v) is 5.64. The van der Waals surface area contributed by atoms with Crippen molar-refractivity contribution in [3.63, 3.8) is 0 Å². The highest BCUT2D eigenvalue weighted by molar-refractivity contribution is 7.80. The van der Waals surface area contributed by atoms with Gasteiger partial charge in [-0.3, -0.25) is 9.89 Å². The number of benzene rings is 1. The second-order valence-corrected chi connectivity index (χ2v) is 4.31. The second-order valence-electron chi connectivity index (χ2n) is 3.80. The maximum atomic E-state index is 11.5. The lowest BCUT2D eigenvalue weighted by molar-refractivity contribution is -0.116. The number of H-pyrrole nitrogens is 1. The van der Waals surface area contributed by atoms with Crippen LogP contribution < -0.4 is 10.6 Å². The number of hydrogen-bond acceptors (Lipinski definition) is 4. The molecule has 1 aromatic heterocycles. The zero-order valence-electron chi connectivity index (χ0n) is 8.77. The van der Waals surface area contributed by atoms with Gasteiger partial charge < -0.3 is 10.6 Å². The van der Waals surface area contributed by atoms with Crippen molar-refractivity contribution in [2.24, 2.45) is 0 Å². The van der Waals surface area contributed by atoms with Crippen LogP contribution in [0.1, 0.15) is 5.56 Å². The zero-order valence-corrected chi connectivity index (χ0v) is 9.66. The lowest BCUT2D eigenvalue weighted by Gasteiger charge is -2.00. The van der Waals surface area contributed by atoms with Crippen LogP contribution in [0.2, 0.25) is 0 Å². The molecule has 0 saturated carbocycles. The van der Waals surface area contributed by atoms with Gasteiger partial charge in [0.05, 0.1) is 11.7 Å². The van der Waals surface area contributed by atoms with E-state index in [0.29, 0.717) is 5.70 Å². The highest BCUT2D eigenvalue weighted by Gasteiger charge is 2.21. The summed E-state index contributed by atoms with van der Waals surface area (Å²) >= 11 is 4.13. The van der Waals surface area contributed by atoms with Crippen LogP contribution in [0.25, 0.3) is 17.0 Å². The van der Waals surface area contributed by atoms with Crippen LogP contribution >= 0.6 is 12.6 Å². The molecular weight excluding hydrogens is 236 g/mol. The SMILES string of the molecule is O=C1NC(S)N/C1=C\c1ccc2[nH]ncc2c1. The molecule has 2 aromatic rings. The predicted octanol–water partition coefficient (Wildman–Crippen LogP) is 0.837. The van der Waals surface area contributed by atoms with E-state index in [9.17, 15) is 4.79 Å². The molecule has 5 nitrogen and oxygen atoms in total. The van der Waals surface area contributed by atoms with Gasteiger partial charge in [0.1, 0.15) is 11.2 Å². The number of aromatic amines is 1. The quantitative estimate of drug-likeness (QED) is 0.445. The van der Waals surface area contributed by atoms with E-state index in [0.717, 1.165) is 16.5 Å². The molecule has 17 heavy (non-hydrogen) atoms. The third-order valence-electron chi connectivity index (χ3n) is 2.58. The van der Waals surface area contributed by atoms with E-state index in [-0.39, 0.29) is 11.4 Å². The standard InChI is InChI=1S/C11H10N4OS/c16-10-9(13-11(17)14-10)4-6-1-2-8-7(3-6)5-12-15-8/h1-5,11,13,17H,(H,12,15)(H,14,16)/b9-4-. The minimum atomic E-state index is -0.314. The van der Waals surface area contributed by atoms with Crippen LogP contribution in [-0.2, 0) is 4.79 Å². The fourth-order valence-corrected chi connectivity index (χ4v) is 2.03. The molecule has 86 valence electrons. The summed E-state index contributed by atoms with van der Waals surface area (Å²) in [5.41, 5.74) is 2.13. The molecule has 1 amide bonds. The number of fused-ring (bicyclic) bond motifs is 1. The van der Waals surface area contributed by atoms with Gasteiger partial charge in [0, 0.05) is 5.39 Å². The molecule has 1 aliphatic heterocycles. The molecule has 3 N–H and O–H groups in total. The molecule has 1 unspecified atom stereocenters. The molecule has 0 aliphatic carbocycles. The first-order chi connectivity index (χ1) is 8.22. The van der Waals surface area contributed by atoms with Crippen molar-refractivity contribution in [2.45, 2.75) is 5.50 Å². The summed E-state index contributed by atoms with van der Waals surface area (Å²) in [6, 6.07) is 5.82. The third-order valence-corrected chi connectivity index (χ3v) is 2.84. The summed E-state index contributed by atoms with van der Waals surface area (Å²) in [6.45, 7) is 0. The summed E-state index contributed by atoms with van der Waals surface area (Å²) in [4.78, 5) is 11.5. The number of rotatable bonds is 1. The highest BCUT2D eigenvalue weighted by Crippen LogP contribution is 2.16. The molecule has 0 bridgehead atoms. The Kier molecular flexibility index (Phi) is 2.29. The van der Waals surface area contributed by atoms with Crippen LogP contribution in [0.15, 0.2) is 30.1 Å². The lowest BCUT2D eigenvalue weighted by Crippen LogP contribution is -2.25. The van der Waals surface area contributed by atoms with Crippen LogP contribution in [0.5, 0.6) is 0 Å². The van der Waals surface area contributed by atoms with Crippen molar-refractivity contribution in [1.82, 2.24) is 20.8 Å². The van der Waals surface area contributed by atoms with Crippen molar-refractivity contribution in [3.8, 4) is 0 Å². The van der Waals surface area contributed by atoms with Crippen LogP contribution in [0.4, 0.5) is 0 Å². The smallest absolute Gasteiger partial charge is 0.269 e. The van der Waals surface area contributed by atoms with Crippen LogP contribution in [0, 0.1) is 0 Å². The minimum absolute atomic E-state index is 0.141. The van der Waals surface area contributed by atoms with Crippen LogP contribution in [0.3, 0.4) is 0 Å². The number of nitrogens with zero attached hydrogens (tertiary/aromatic N) is 1. The Labute approximate surface area is 103 Å². The van der Waals surface area contributed by atoms with E-state index in [1.165, 1.54) is 0 Å². The molecule has 1 fully saturated rings. The van der Waals surface area contributed by atoms with Gasteiger partial charge in [-0.2, -0.15) is 5.10 Å². The molecule has 1 aliphatic rings. The van der Waals surface area contributed by atoms with Crippen molar-refractivity contribution < 1.29 is 4.79 Å². The number of thiol groups is 1. The third kappa shape index (κ3) is 1.87. The monoisotopic (exact) mass is 246 g/mol. The summed E-state index contributed by atoms with van der Waals surface area (Å²) in [6.07, 6.45) is 3.54. The Hall–Kier alpha value is -1.95. The van der Waals surface area contributed by atoms with Crippen molar-refractivity contribution in [3.05, 3.63) is 35.7 Å². The second kappa shape index (κ2) is 3.81. The molecule has 1 atom stereocenters. The fraction of sp³-hybridized carbons (Fsp3) is 0.0909. The minimum Gasteiger partial charge on any atom is -0.352 e. The summed E-state index contributed by atoms with van der Waals surface area (Å²) in [7, 11) is 0. The summed E-state index contributed by atoms with van der Waals surface area (Å²) in [5.74, 6) is -0.141. The van der Waals surface area contributed by atoms with Gasteiger partial charge in [0.15, 0.2) is 0 Å². The molecule has 2 heterocycles. The Bertz CT molecular complexity index is 619. The van der Waals surface area contributed by atoms with Gasteiger partial charge in [0.25, 0.3) is 5.91 Å². The number of amides is 1. The van der Waals surface area contributed by atoms with E-state index in [1.54, 1.807) is 12.3 Å². The van der Waals surface area contributed by atoms with E-state index < -0.39 is 0 Å². The first-order valence-electron chi connectivity index (χ1n) is 5.13. The Morgan fingerprint density at radius 1 is 1.35 bits per heavy atom. The topological polar surface area (TPSA) is 69.8 Å². The molecule has 3 rings (SSSR count). The van der Waals surface area contributed by atoms with Crippen LogP contribution in [-0.4, -0.2) is 21.6 Å². The maximum absolute atomic E-state index is 11.5. The average Bonchev–Trinajstić information content (AvgIpc) is 2.85. The van der Waals surface area contributed by atoms with E-state index in [4.69, 9.17) is 0 Å². The van der Waals surface area contributed by atoms with E-state index in [2.05, 4.69) is 33.5 Å². The molecular formula is C11H10N4OS. The molecule has 1 saturated heterocycles. The van der Waals surface area contributed by atoms with Gasteiger partial charge in [-0.15, -0.1) is 12.6 Å². The van der Waals surface area contributed by atoms with Crippen molar-refractivity contribution >= 4 is 35.5 Å². The maximum Gasteiger partial charge on any atom is 0.269 e. The van der Waals surface area contributed by atoms with Gasteiger partial charge in [0.2, 0.25) is 0 Å². The van der Waals surface area contributed by atoms with Gasteiger partial charge in [-0.25, -0.2) is 0 Å². The number of hydrogen-bond donors (Lipinski definition) is 4. The number of carbonyl (C=O) groups excluding carboxylic acids is 1. The van der Waals surface area contributed by atoms with E-state index in [1.807, 2.05) is 18.2 Å². The fourth-order valence-electron chi connectivity index (χ4n) is 1.78.